The Balaban J connectivity index is 2.45. The van der Waals surface area contributed by atoms with Gasteiger partial charge in [0.2, 0.25) is 6.54 Å². The number of hydrogen-bond acceptors (Lipinski definition) is 0. The third-order valence-electron chi connectivity index (χ3n) is 2.64. The highest BCUT2D eigenvalue weighted by atomic mass is 14.6. The van der Waals surface area contributed by atoms with Crippen molar-refractivity contribution in [2.45, 2.75) is 13.5 Å². The molecule has 1 nitrogen and oxygen atoms in total. The largest absolute Gasteiger partial charge is 0.312 e. The Kier molecular flexibility index (Phi) is 3.03. The monoisotopic (exact) mass is 207 g/mol. The van der Waals surface area contributed by atoms with E-state index in [1.54, 1.807) is 0 Å². The van der Waals surface area contributed by atoms with E-state index in [1.165, 1.54) is 16.7 Å². The summed E-state index contributed by atoms with van der Waals surface area (Å²) in [6, 6.07) is 16.5. The van der Waals surface area contributed by atoms with Gasteiger partial charge < -0.3 is 4.85 Å². The average molecular weight is 207 g/mol. The fraction of sp³-hybridized carbons (Fsp3) is 0.133. The van der Waals surface area contributed by atoms with Crippen molar-refractivity contribution in [1.82, 2.24) is 0 Å². The molecule has 0 aromatic heterocycles. The van der Waals surface area contributed by atoms with Gasteiger partial charge in [0.05, 0.1) is 0 Å². The van der Waals surface area contributed by atoms with Crippen molar-refractivity contribution in [3.8, 4) is 11.1 Å². The van der Waals surface area contributed by atoms with Crippen LogP contribution in [-0.2, 0) is 6.54 Å². The highest BCUT2D eigenvalue weighted by Gasteiger charge is 2.02. The number of rotatable bonds is 2. The van der Waals surface area contributed by atoms with Crippen LogP contribution in [-0.4, -0.2) is 0 Å². The van der Waals surface area contributed by atoms with E-state index in [1.807, 2.05) is 24.3 Å². The molecule has 0 aliphatic rings. The SMILES string of the molecule is [C-]#[N+]Cc1cccc(-c2ccccc2C)c1. The molecule has 0 bridgehead atoms. The molecule has 16 heavy (non-hydrogen) atoms. The molecule has 0 amide bonds. The lowest BCUT2D eigenvalue weighted by atomic mass is 9.99. The van der Waals surface area contributed by atoms with E-state index in [9.17, 15) is 0 Å². The van der Waals surface area contributed by atoms with Gasteiger partial charge in [-0.2, -0.15) is 0 Å². The zero-order valence-electron chi connectivity index (χ0n) is 9.27. The number of nitrogens with zero attached hydrogens (tertiary/aromatic N) is 1. The van der Waals surface area contributed by atoms with Gasteiger partial charge >= 0.3 is 0 Å². The van der Waals surface area contributed by atoms with Gasteiger partial charge in [0.1, 0.15) is 0 Å². The highest BCUT2D eigenvalue weighted by Crippen LogP contribution is 2.23. The third-order valence-corrected chi connectivity index (χ3v) is 2.64. The van der Waals surface area contributed by atoms with Gasteiger partial charge in [-0.15, -0.1) is 0 Å². The lowest BCUT2D eigenvalue weighted by Gasteiger charge is -2.06. The first-order valence-corrected chi connectivity index (χ1v) is 5.29. The van der Waals surface area contributed by atoms with E-state index in [-0.39, 0.29) is 0 Å². The standard InChI is InChI=1S/C15H13N/c1-12-6-3-4-9-15(12)14-8-5-7-13(10-14)11-16-2/h3-10H,11H2,1H3. The molecule has 2 rings (SSSR count). The van der Waals surface area contributed by atoms with Crippen LogP contribution in [0.25, 0.3) is 16.0 Å². The molecular weight excluding hydrogens is 194 g/mol. The predicted octanol–water partition coefficient (Wildman–Crippen LogP) is 4.08. The molecule has 0 aliphatic carbocycles. The molecule has 2 aromatic rings. The second-order valence-corrected chi connectivity index (χ2v) is 3.83. The maximum absolute atomic E-state index is 6.88. The Hall–Kier alpha value is -2.07. The molecule has 1 heteroatoms. The summed E-state index contributed by atoms with van der Waals surface area (Å²) in [6.45, 7) is 9.45. The number of benzene rings is 2. The van der Waals surface area contributed by atoms with Crippen LogP contribution in [0.15, 0.2) is 48.5 Å². The summed E-state index contributed by atoms with van der Waals surface area (Å²) in [5.41, 5.74) is 4.78. The van der Waals surface area contributed by atoms with E-state index >= 15 is 0 Å². The van der Waals surface area contributed by atoms with Crippen molar-refractivity contribution in [2.75, 3.05) is 0 Å². The summed E-state index contributed by atoms with van der Waals surface area (Å²) in [7, 11) is 0. The minimum Gasteiger partial charge on any atom is -0.312 e. The van der Waals surface area contributed by atoms with Crippen LogP contribution in [0, 0.1) is 13.5 Å². The molecule has 0 N–H and O–H groups in total. The molecule has 0 atom stereocenters. The Morgan fingerprint density at radius 2 is 1.88 bits per heavy atom. The summed E-state index contributed by atoms with van der Waals surface area (Å²) in [6.07, 6.45) is 0. The average Bonchev–Trinajstić information content (AvgIpc) is 2.30. The first-order chi connectivity index (χ1) is 7.81. The zero-order chi connectivity index (χ0) is 11.4. The number of aryl methyl sites for hydroxylation is 1. The Morgan fingerprint density at radius 1 is 1.06 bits per heavy atom. The van der Waals surface area contributed by atoms with Gasteiger partial charge in [0, 0.05) is 5.56 Å². The first kappa shape index (κ1) is 10.4. The smallest absolute Gasteiger partial charge is 0.239 e. The molecule has 0 heterocycles. The molecular formula is C15H13N. The molecule has 0 radical (unpaired) electrons. The fourth-order valence-corrected chi connectivity index (χ4v) is 1.83. The van der Waals surface area contributed by atoms with E-state index in [0.717, 1.165) is 5.56 Å². The maximum Gasteiger partial charge on any atom is 0.239 e. The zero-order valence-corrected chi connectivity index (χ0v) is 9.27. The second kappa shape index (κ2) is 4.63. The summed E-state index contributed by atoms with van der Waals surface area (Å²) >= 11 is 0. The van der Waals surface area contributed by atoms with Crippen LogP contribution >= 0.6 is 0 Å². The van der Waals surface area contributed by atoms with Gasteiger partial charge in [-0.05, 0) is 29.7 Å². The molecule has 0 saturated heterocycles. The predicted molar refractivity (Wildman–Crippen MR) is 66.9 cm³/mol. The summed E-state index contributed by atoms with van der Waals surface area (Å²) in [5.74, 6) is 0. The van der Waals surface area contributed by atoms with Crippen LogP contribution in [0.4, 0.5) is 0 Å². The maximum atomic E-state index is 6.88. The van der Waals surface area contributed by atoms with Gasteiger partial charge in [-0.25, -0.2) is 6.57 Å². The topological polar surface area (TPSA) is 4.36 Å². The van der Waals surface area contributed by atoms with Gasteiger partial charge in [-0.3, -0.25) is 0 Å². The van der Waals surface area contributed by atoms with Gasteiger partial charge in [-0.1, -0.05) is 42.5 Å². The lowest BCUT2D eigenvalue weighted by molar-refractivity contribution is 1.26. The highest BCUT2D eigenvalue weighted by molar-refractivity contribution is 5.67. The summed E-state index contributed by atoms with van der Waals surface area (Å²) < 4.78 is 0. The Labute approximate surface area is 96.2 Å². The second-order valence-electron chi connectivity index (χ2n) is 3.83. The van der Waals surface area contributed by atoms with Gasteiger partial charge in [0.25, 0.3) is 0 Å². The van der Waals surface area contributed by atoms with Crippen LogP contribution < -0.4 is 0 Å². The van der Waals surface area contributed by atoms with Crippen molar-refractivity contribution in [2.24, 2.45) is 0 Å². The molecule has 0 aliphatic heterocycles. The van der Waals surface area contributed by atoms with Crippen molar-refractivity contribution < 1.29 is 0 Å². The molecule has 0 spiro atoms. The van der Waals surface area contributed by atoms with Crippen molar-refractivity contribution in [3.63, 3.8) is 0 Å². The van der Waals surface area contributed by atoms with E-state index in [2.05, 4.69) is 36.0 Å². The van der Waals surface area contributed by atoms with E-state index in [0.29, 0.717) is 6.54 Å². The quantitative estimate of drug-likeness (QED) is 0.653. The molecule has 78 valence electrons. The van der Waals surface area contributed by atoms with Crippen LogP contribution in [0.1, 0.15) is 11.1 Å². The molecule has 2 aromatic carbocycles. The van der Waals surface area contributed by atoms with Crippen LogP contribution in [0.2, 0.25) is 0 Å². The molecule has 0 unspecified atom stereocenters. The van der Waals surface area contributed by atoms with Gasteiger partial charge in [0.15, 0.2) is 0 Å². The van der Waals surface area contributed by atoms with Crippen molar-refractivity contribution in [3.05, 3.63) is 71.1 Å². The van der Waals surface area contributed by atoms with Crippen molar-refractivity contribution >= 4 is 0 Å². The van der Waals surface area contributed by atoms with Crippen LogP contribution in [0.3, 0.4) is 0 Å². The summed E-state index contributed by atoms with van der Waals surface area (Å²) in [4.78, 5) is 3.41. The first-order valence-electron chi connectivity index (χ1n) is 5.29. The Morgan fingerprint density at radius 3 is 2.62 bits per heavy atom. The lowest BCUT2D eigenvalue weighted by Crippen LogP contribution is -1.85. The normalized spacial score (nSPS) is 9.75. The molecule has 0 fully saturated rings. The minimum absolute atomic E-state index is 0.458. The van der Waals surface area contributed by atoms with E-state index in [4.69, 9.17) is 6.57 Å². The summed E-state index contributed by atoms with van der Waals surface area (Å²) in [5, 5.41) is 0. The minimum atomic E-state index is 0.458. The van der Waals surface area contributed by atoms with Crippen molar-refractivity contribution in [1.29, 1.82) is 0 Å². The van der Waals surface area contributed by atoms with E-state index < -0.39 is 0 Å². The number of hydrogen-bond donors (Lipinski definition) is 0. The Bertz CT molecular complexity index is 535. The van der Waals surface area contributed by atoms with Crippen LogP contribution in [0.5, 0.6) is 0 Å². The fourth-order valence-electron chi connectivity index (χ4n) is 1.83. The third kappa shape index (κ3) is 2.12. The molecule has 0 saturated carbocycles.